The van der Waals surface area contributed by atoms with Gasteiger partial charge in [0, 0.05) is 32.4 Å². The Labute approximate surface area is 191 Å². The first-order valence-corrected chi connectivity index (χ1v) is 12.1. The number of aromatic amines is 1. The summed E-state index contributed by atoms with van der Waals surface area (Å²) in [6.07, 6.45) is 3.36. The summed E-state index contributed by atoms with van der Waals surface area (Å²) in [6, 6.07) is 18.1. The maximum atomic E-state index is 13.2. The van der Waals surface area contributed by atoms with E-state index in [1.807, 2.05) is 30.3 Å². The van der Waals surface area contributed by atoms with Crippen LogP contribution in [0.1, 0.15) is 0 Å². The second-order valence-electron chi connectivity index (χ2n) is 7.23. The van der Waals surface area contributed by atoms with Crippen LogP contribution >= 0.6 is 11.8 Å². The Kier molecular flexibility index (Phi) is 4.52. The van der Waals surface area contributed by atoms with Gasteiger partial charge in [-0.05, 0) is 52.8 Å². The highest BCUT2D eigenvalue weighted by atomic mass is 32.2. The molecule has 0 aliphatic rings. The number of anilines is 1. The molecule has 6 aromatic rings. The van der Waals surface area contributed by atoms with Crippen LogP contribution < -0.4 is 4.72 Å². The van der Waals surface area contributed by atoms with Crippen molar-refractivity contribution in [2.75, 3.05) is 4.72 Å². The van der Waals surface area contributed by atoms with Gasteiger partial charge in [0.25, 0.3) is 10.0 Å². The van der Waals surface area contributed by atoms with Crippen molar-refractivity contribution in [1.82, 2.24) is 25.5 Å². The second-order valence-corrected chi connectivity index (χ2v) is 9.97. The third-order valence-electron chi connectivity index (χ3n) is 5.14. The van der Waals surface area contributed by atoms with Gasteiger partial charge in [0.2, 0.25) is 0 Å². The number of sulfonamides is 1. The monoisotopic (exact) mass is 474 g/mol. The van der Waals surface area contributed by atoms with Gasteiger partial charge < -0.3 is 0 Å². The molecule has 33 heavy (non-hydrogen) atoms. The average Bonchev–Trinajstić information content (AvgIpc) is 3.49. The zero-order valence-electron chi connectivity index (χ0n) is 16.8. The van der Waals surface area contributed by atoms with Gasteiger partial charge in [-0.15, -0.1) is 0 Å². The number of pyridine rings is 1. The molecule has 0 amide bonds. The molecule has 0 bridgehead atoms. The molecule has 3 aromatic heterocycles. The van der Waals surface area contributed by atoms with Crippen LogP contribution in [0.3, 0.4) is 0 Å². The standard InChI is InChI=1S/C22H14N6O3S2/c29-33(30,28-15-6-7-16-14(11-15)12-24-25-16)19-9-8-18(21-22(19)27-31-26-21)32-17-5-1-3-13-4-2-10-23-20(13)17/h1-12,28H,(H,24,25). The van der Waals surface area contributed by atoms with Crippen LogP contribution in [0.5, 0.6) is 0 Å². The number of hydrogen-bond donors (Lipinski definition) is 2. The van der Waals surface area contributed by atoms with Crippen molar-refractivity contribution in [3.63, 3.8) is 0 Å². The van der Waals surface area contributed by atoms with E-state index in [0.29, 0.717) is 16.1 Å². The number of aromatic nitrogens is 5. The molecule has 3 aromatic carbocycles. The molecular weight excluding hydrogens is 460 g/mol. The van der Waals surface area contributed by atoms with Crippen LogP contribution in [-0.4, -0.2) is 33.9 Å². The van der Waals surface area contributed by atoms with Gasteiger partial charge in [0.05, 0.1) is 17.2 Å². The largest absolute Gasteiger partial charge is 0.280 e. The molecule has 0 unspecified atom stereocenters. The third-order valence-corrected chi connectivity index (χ3v) is 7.65. The Morgan fingerprint density at radius 1 is 0.879 bits per heavy atom. The fourth-order valence-electron chi connectivity index (χ4n) is 3.61. The molecule has 0 saturated heterocycles. The van der Waals surface area contributed by atoms with E-state index in [-0.39, 0.29) is 10.4 Å². The van der Waals surface area contributed by atoms with Crippen molar-refractivity contribution in [3.05, 3.63) is 73.1 Å². The first kappa shape index (κ1) is 19.7. The van der Waals surface area contributed by atoms with Crippen LogP contribution in [0.2, 0.25) is 0 Å². The molecule has 0 aliphatic carbocycles. The lowest BCUT2D eigenvalue weighted by Crippen LogP contribution is -2.13. The lowest BCUT2D eigenvalue weighted by atomic mass is 10.2. The van der Waals surface area contributed by atoms with Gasteiger partial charge >= 0.3 is 0 Å². The zero-order valence-corrected chi connectivity index (χ0v) is 18.4. The predicted molar refractivity (Wildman–Crippen MR) is 125 cm³/mol. The summed E-state index contributed by atoms with van der Waals surface area (Å²) < 4.78 is 33.9. The van der Waals surface area contributed by atoms with Crippen molar-refractivity contribution in [2.24, 2.45) is 0 Å². The maximum absolute atomic E-state index is 13.2. The zero-order chi connectivity index (χ0) is 22.4. The van der Waals surface area contributed by atoms with Crippen LogP contribution in [-0.2, 0) is 10.0 Å². The number of nitrogens with one attached hydrogen (secondary N) is 2. The Balaban J connectivity index is 1.38. The predicted octanol–water partition coefficient (Wildman–Crippen LogP) is 4.60. The van der Waals surface area contributed by atoms with E-state index in [4.69, 9.17) is 4.63 Å². The lowest BCUT2D eigenvalue weighted by Gasteiger charge is -2.10. The fourth-order valence-corrected chi connectivity index (χ4v) is 5.81. The quantitative estimate of drug-likeness (QED) is 0.371. The van der Waals surface area contributed by atoms with Crippen molar-refractivity contribution >= 4 is 60.3 Å². The summed E-state index contributed by atoms with van der Waals surface area (Å²) >= 11 is 1.43. The summed E-state index contributed by atoms with van der Waals surface area (Å²) in [4.78, 5) is 6.08. The molecule has 9 nitrogen and oxygen atoms in total. The molecule has 0 radical (unpaired) electrons. The summed E-state index contributed by atoms with van der Waals surface area (Å²) in [5, 5.41) is 16.5. The van der Waals surface area contributed by atoms with E-state index in [0.717, 1.165) is 26.7 Å². The smallest absolute Gasteiger partial charge is 0.264 e. The molecule has 0 fully saturated rings. The van der Waals surface area contributed by atoms with Crippen molar-refractivity contribution in [2.45, 2.75) is 14.7 Å². The minimum atomic E-state index is -3.95. The highest BCUT2D eigenvalue weighted by Crippen LogP contribution is 2.37. The van der Waals surface area contributed by atoms with Crippen LogP contribution in [0, 0.1) is 0 Å². The van der Waals surface area contributed by atoms with Gasteiger partial charge in [0.1, 0.15) is 4.90 Å². The van der Waals surface area contributed by atoms with Gasteiger partial charge in [-0.25, -0.2) is 13.0 Å². The molecule has 6 rings (SSSR count). The molecule has 0 spiro atoms. The number of fused-ring (bicyclic) bond motifs is 3. The summed E-state index contributed by atoms with van der Waals surface area (Å²) in [7, 11) is -3.95. The lowest BCUT2D eigenvalue weighted by molar-refractivity contribution is 0.314. The first-order valence-electron chi connectivity index (χ1n) is 9.81. The van der Waals surface area contributed by atoms with E-state index in [1.54, 1.807) is 36.7 Å². The number of rotatable bonds is 5. The Hall–Kier alpha value is -3.96. The summed E-state index contributed by atoms with van der Waals surface area (Å²) in [5.74, 6) is 0. The summed E-state index contributed by atoms with van der Waals surface area (Å²) in [6.45, 7) is 0. The van der Waals surface area contributed by atoms with E-state index in [1.165, 1.54) is 17.8 Å². The van der Waals surface area contributed by atoms with Gasteiger partial charge in [-0.2, -0.15) is 5.10 Å². The minimum absolute atomic E-state index is 0.0218. The molecule has 0 atom stereocenters. The highest BCUT2D eigenvalue weighted by molar-refractivity contribution is 7.99. The van der Waals surface area contributed by atoms with Crippen LogP contribution in [0.4, 0.5) is 5.69 Å². The first-order chi connectivity index (χ1) is 16.1. The minimum Gasteiger partial charge on any atom is -0.280 e. The average molecular weight is 475 g/mol. The summed E-state index contributed by atoms with van der Waals surface area (Å²) in [5.41, 5.74) is 2.59. The van der Waals surface area contributed by atoms with Gasteiger partial charge in [0.15, 0.2) is 11.0 Å². The van der Waals surface area contributed by atoms with Crippen molar-refractivity contribution < 1.29 is 13.0 Å². The second kappa shape index (κ2) is 7.57. The number of benzene rings is 3. The number of H-pyrrole nitrogens is 1. The van der Waals surface area contributed by atoms with E-state index in [9.17, 15) is 8.42 Å². The Bertz CT molecular complexity index is 1760. The van der Waals surface area contributed by atoms with Crippen LogP contribution in [0.25, 0.3) is 32.8 Å². The maximum Gasteiger partial charge on any atom is 0.264 e. The Morgan fingerprint density at radius 2 is 1.73 bits per heavy atom. The van der Waals surface area contributed by atoms with Crippen LogP contribution in [0.15, 0.2) is 92.4 Å². The molecule has 0 aliphatic heterocycles. The molecular formula is C22H14N6O3S2. The molecule has 0 saturated carbocycles. The Morgan fingerprint density at radius 3 is 2.67 bits per heavy atom. The molecule has 3 heterocycles. The SMILES string of the molecule is O=S(=O)(Nc1ccc2[nH]ncc2c1)c1ccc(Sc2cccc3cccnc23)c2nonc12. The normalized spacial score (nSPS) is 12.0. The molecule has 2 N–H and O–H groups in total. The van der Waals surface area contributed by atoms with Crippen molar-refractivity contribution in [3.8, 4) is 0 Å². The van der Waals surface area contributed by atoms with E-state index >= 15 is 0 Å². The van der Waals surface area contributed by atoms with Gasteiger partial charge in [-0.1, -0.05) is 30.0 Å². The highest BCUT2D eigenvalue weighted by Gasteiger charge is 2.23. The number of nitrogens with zero attached hydrogens (tertiary/aromatic N) is 4. The third kappa shape index (κ3) is 3.47. The van der Waals surface area contributed by atoms with Gasteiger partial charge in [-0.3, -0.25) is 14.8 Å². The molecule has 162 valence electrons. The fraction of sp³-hybridized carbons (Fsp3) is 0. The van der Waals surface area contributed by atoms with E-state index in [2.05, 4.69) is 30.2 Å². The topological polar surface area (TPSA) is 127 Å². The van der Waals surface area contributed by atoms with E-state index < -0.39 is 10.0 Å². The molecule has 11 heteroatoms. The number of hydrogen-bond acceptors (Lipinski definition) is 8. The number of para-hydroxylation sites is 1. The van der Waals surface area contributed by atoms with Crippen molar-refractivity contribution in [1.29, 1.82) is 0 Å².